The third kappa shape index (κ3) is 5.65. The van der Waals surface area contributed by atoms with Gasteiger partial charge in [0.15, 0.2) is 5.75 Å². The Bertz CT molecular complexity index is 478. The summed E-state index contributed by atoms with van der Waals surface area (Å²) in [4.78, 5) is 11.8. The lowest BCUT2D eigenvalue weighted by Crippen LogP contribution is -2.35. The van der Waals surface area contributed by atoms with Crippen LogP contribution in [0.3, 0.4) is 0 Å². The van der Waals surface area contributed by atoms with Gasteiger partial charge in [-0.1, -0.05) is 43.0 Å². The highest BCUT2D eigenvalue weighted by Gasteiger charge is 2.17. The Morgan fingerprint density at radius 1 is 1.38 bits per heavy atom. The molecule has 0 bridgehead atoms. The summed E-state index contributed by atoms with van der Waals surface area (Å²) in [6, 6.07) is 1.89. The molecule has 1 rings (SSSR count). The Balaban J connectivity index is 2.79. The number of amides is 1. The van der Waals surface area contributed by atoms with Gasteiger partial charge in [-0.2, -0.15) is 8.78 Å². The summed E-state index contributed by atoms with van der Waals surface area (Å²) in [5, 5.41) is 2.29. The van der Waals surface area contributed by atoms with Gasteiger partial charge < -0.3 is 15.8 Å². The largest absolute Gasteiger partial charge is 0.432 e. The van der Waals surface area contributed by atoms with Gasteiger partial charge in [-0.25, -0.2) is 0 Å². The molecule has 4 nitrogen and oxygen atoms in total. The molecule has 0 saturated heterocycles. The quantitative estimate of drug-likeness (QED) is 0.786. The Morgan fingerprint density at radius 2 is 1.95 bits per heavy atom. The van der Waals surface area contributed by atoms with Crippen molar-refractivity contribution in [1.29, 1.82) is 0 Å². The molecule has 0 spiro atoms. The second-order valence-electron chi connectivity index (χ2n) is 4.39. The van der Waals surface area contributed by atoms with Gasteiger partial charge in [0.25, 0.3) is 0 Å². The number of alkyl halides is 2. The normalized spacial score (nSPS) is 12.3. The van der Waals surface area contributed by atoms with Crippen molar-refractivity contribution in [2.24, 2.45) is 5.73 Å². The zero-order chi connectivity index (χ0) is 16.0. The molecular weight excluding hydrogens is 325 g/mol. The van der Waals surface area contributed by atoms with E-state index in [0.717, 1.165) is 12.8 Å². The van der Waals surface area contributed by atoms with Crippen molar-refractivity contribution in [3.8, 4) is 5.75 Å². The molecule has 1 aromatic rings. The monoisotopic (exact) mass is 340 g/mol. The molecule has 1 atom stereocenters. The van der Waals surface area contributed by atoms with Crippen molar-refractivity contribution in [1.82, 2.24) is 0 Å². The highest BCUT2D eigenvalue weighted by atomic mass is 35.5. The van der Waals surface area contributed by atoms with Crippen LogP contribution >= 0.6 is 23.2 Å². The first-order chi connectivity index (χ1) is 9.85. The number of nitrogens with one attached hydrogen (secondary N) is 1. The fourth-order valence-electron chi connectivity index (χ4n) is 1.62. The Morgan fingerprint density at radius 3 is 2.43 bits per heavy atom. The minimum absolute atomic E-state index is 0.125. The van der Waals surface area contributed by atoms with Crippen LogP contribution in [0.1, 0.15) is 26.2 Å². The van der Waals surface area contributed by atoms with Gasteiger partial charge in [0.2, 0.25) is 5.91 Å². The lowest BCUT2D eigenvalue weighted by molar-refractivity contribution is -0.117. The van der Waals surface area contributed by atoms with Gasteiger partial charge in [-0.05, 0) is 18.6 Å². The van der Waals surface area contributed by atoms with E-state index in [4.69, 9.17) is 28.9 Å². The number of unbranched alkanes of at least 4 members (excludes halogenated alkanes) is 1. The van der Waals surface area contributed by atoms with Gasteiger partial charge in [-0.15, -0.1) is 0 Å². The molecule has 3 N–H and O–H groups in total. The lowest BCUT2D eigenvalue weighted by Gasteiger charge is -2.14. The predicted molar refractivity (Wildman–Crippen MR) is 79.2 cm³/mol. The Labute approximate surface area is 131 Å². The molecule has 1 aromatic carbocycles. The summed E-state index contributed by atoms with van der Waals surface area (Å²) < 4.78 is 28.6. The van der Waals surface area contributed by atoms with Crippen LogP contribution in [0, 0.1) is 0 Å². The summed E-state index contributed by atoms with van der Waals surface area (Å²) in [6.07, 6.45) is 2.31. The third-order valence-electron chi connectivity index (χ3n) is 2.68. The third-order valence-corrected chi connectivity index (χ3v) is 3.24. The molecule has 0 unspecified atom stereocenters. The molecule has 0 radical (unpaired) electrons. The number of hydrogen-bond acceptors (Lipinski definition) is 3. The van der Waals surface area contributed by atoms with Gasteiger partial charge >= 0.3 is 6.61 Å². The number of anilines is 1. The molecule has 0 fully saturated rings. The van der Waals surface area contributed by atoms with E-state index in [1.807, 2.05) is 6.92 Å². The van der Waals surface area contributed by atoms with E-state index in [0.29, 0.717) is 6.42 Å². The van der Waals surface area contributed by atoms with E-state index in [-0.39, 0.29) is 21.5 Å². The molecule has 21 heavy (non-hydrogen) atoms. The van der Waals surface area contributed by atoms with Crippen LogP contribution in [0.2, 0.25) is 10.0 Å². The van der Waals surface area contributed by atoms with Gasteiger partial charge in [-0.3, -0.25) is 4.79 Å². The van der Waals surface area contributed by atoms with Gasteiger partial charge in [0, 0.05) is 5.69 Å². The molecule has 1 amide bonds. The van der Waals surface area contributed by atoms with E-state index >= 15 is 0 Å². The van der Waals surface area contributed by atoms with E-state index in [2.05, 4.69) is 10.1 Å². The molecule has 118 valence electrons. The van der Waals surface area contributed by atoms with E-state index in [9.17, 15) is 13.6 Å². The zero-order valence-corrected chi connectivity index (χ0v) is 12.8. The van der Waals surface area contributed by atoms with Crippen molar-refractivity contribution in [3.63, 3.8) is 0 Å². The molecule has 0 aromatic heterocycles. The van der Waals surface area contributed by atoms with Crippen molar-refractivity contribution in [3.05, 3.63) is 22.2 Å². The number of benzene rings is 1. The van der Waals surface area contributed by atoms with Crippen LogP contribution in [0.4, 0.5) is 14.5 Å². The Kier molecular flexibility index (Phi) is 7.14. The van der Waals surface area contributed by atoms with Crippen molar-refractivity contribution in [2.75, 3.05) is 5.32 Å². The number of ether oxygens (including phenoxy) is 1. The minimum Gasteiger partial charge on any atom is -0.432 e. The summed E-state index contributed by atoms with van der Waals surface area (Å²) in [7, 11) is 0. The van der Waals surface area contributed by atoms with E-state index in [1.165, 1.54) is 12.1 Å². The standard InChI is InChI=1S/C13H16Cl2F2N2O2/c1-2-3-4-10(18)12(20)19-7-5-8(14)11(9(15)6-7)21-13(16)17/h5-6,10,13H,2-4,18H2,1H3,(H,19,20)/t10-/m0/s1. The smallest absolute Gasteiger partial charge is 0.387 e. The number of halogens is 4. The number of nitrogens with two attached hydrogens (primary N) is 1. The van der Waals surface area contributed by atoms with Crippen LogP contribution < -0.4 is 15.8 Å². The summed E-state index contributed by atoms with van der Waals surface area (Å²) >= 11 is 11.6. The number of hydrogen-bond donors (Lipinski definition) is 2. The van der Waals surface area contributed by atoms with E-state index in [1.54, 1.807) is 0 Å². The fourth-order valence-corrected chi connectivity index (χ4v) is 2.20. The van der Waals surface area contributed by atoms with Crippen LogP contribution in [-0.4, -0.2) is 18.6 Å². The van der Waals surface area contributed by atoms with Crippen LogP contribution in [0.15, 0.2) is 12.1 Å². The lowest BCUT2D eigenvalue weighted by atomic mass is 10.1. The number of carbonyl (C=O) groups is 1. The highest BCUT2D eigenvalue weighted by molar-refractivity contribution is 6.37. The summed E-state index contributed by atoms with van der Waals surface area (Å²) in [6.45, 7) is -1.05. The van der Waals surface area contributed by atoms with Crippen molar-refractivity contribution in [2.45, 2.75) is 38.8 Å². The summed E-state index contributed by atoms with van der Waals surface area (Å²) in [5.74, 6) is -0.722. The maximum atomic E-state index is 12.2. The first kappa shape index (κ1) is 17.9. The van der Waals surface area contributed by atoms with Crippen molar-refractivity contribution < 1.29 is 18.3 Å². The molecule has 0 aliphatic rings. The average Bonchev–Trinajstić information content (AvgIpc) is 2.39. The summed E-state index contributed by atoms with van der Waals surface area (Å²) in [5.41, 5.74) is 5.99. The highest BCUT2D eigenvalue weighted by Crippen LogP contribution is 2.37. The zero-order valence-electron chi connectivity index (χ0n) is 11.3. The van der Waals surface area contributed by atoms with Crippen molar-refractivity contribution >= 4 is 34.8 Å². The molecule has 8 heteroatoms. The van der Waals surface area contributed by atoms with Gasteiger partial charge in [0.1, 0.15) is 0 Å². The predicted octanol–water partition coefficient (Wildman–Crippen LogP) is 4.05. The second-order valence-corrected chi connectivity index (χ2v) is 5.20. The van der Waals surface area contributed by atoms with Crippen LogP contribution in [-0.2, 0) is 4.79 Å². The molecular formula is C13H16Cl2F2N2O2. The maximum Gasteiger partial charge on any atom is 0.387 e. The SMILES string of the molecule is CCCC[C@H](N)C(=O)Nc1cc(Cl)c(OC(F)F)c(Cl)c1. The minimum atomic E-state index is -3.04. The first-order valence-electron chi connectivity index (χ1n) is 6.35. The molecule has 0 aliphatic carbocycles. The van der Waals surface area contributed by atoms with Crippen LogP contribution in [0.25, 0.3) is 0 Å². The fraction of sp³-hybridized carbons (Fsp3) is 0.462. The van der Waals surface area contributed by atoms with E-state index < -0.39 is 18.6 Å². The molecule has 0 heterocycles. The van der Waals surface area contributed by atoms with Gasteiger partial charge in [0.05, 0.1) is 16.1 Å². The molecule has 0 aliphatic heterocycles. The average molecular weight is 341 g/mol. The first-order valence-corrected chi connectivity index (χ1v) is 7.11. The van der Waals surface area contributed by atoms with Crippen LogP contribution in [0.5, 0.6) is 5.75 Å². The second kappa shape index (κ2) is 8.36. The molecule has 0 saturated carbocycles. The topological polar surface area (TPSA) is 64.4 Å². The number of carbonyl (C=O) groups excluding carboxylic acids is 1. The Hall–Kier alpha value is -1.11. The maximum absolute atomic E-state index is 12.2. The number of rotatable bonds is 7.